The number of aromatic nitrogens is 2. The molecular weight excluding hydrogens is 754 g/mol. The van der Waals surface area contributed by atoms with E-state index in [0.29, 0.717) is 92.5 Å². The predicted octanol–water partition coefficient (Wildman–Crippen LogP) is 7.48. The van der Waals surface area contributed by atoms with E-state index in [-0.39, 0.29) is 41.9 Å². The van der Waals surface area contributed by atoms with E-state index in [9.17, 15) is 9.59 Å². The molecule has 280 valence electrons. The van der Waals surface area contributed by atoms with Gasteiger partial charge in [0.25, 0.3) is 0 Å². The summed E-state index contributed by atoms with van der Waals surface area (Å²) in [5.41, 5.74) is 5.05. The molecule has 2 atom stereocenters. The largest absolute Gasteiger partial charge is 0.496 e. The summed E-state index contributed by atoms with van der Waals surface area (Å²) in [6.07, 6.45) is 2.58. The number of benzene rings is 3. The van der Waals surface area contributed by atoms with Gasteiger partial charge in [0.15, 0.2) is 0 Å². The van der Waals surface area contributed by atoms with Gasteiger partial charge in [-0.25, -0.2) is 14.4 Å². The fourth-order valence-electron chi connectivity index (χ4n) is 7.08. The third-order valence-corrected chi connectivity index (χ3v) is 10.9. The molecule has 0 aliphatic carbocycles. The molecule has 0 unspecified atom stereocenters. The van der Waals surface area contributed by atoms with E-state index in [0.717, 1.165) is 23.8 Å². The zero-order valence-electron chi connectivity index (χ0n) is 29.6. The van der Waals surface area contributed by atoms with Crippen LogP contribution in [0.3, 0.4) is 0 Å². The molecule has 2 aliphatic rings. The second-order valence-electron chi connectivity index (χ2n) is 13.3. The van der Waals surface area contributed by atoms with Gasteiger partial charge in [-0.2, -0.15) is 0 Å². The van der Waals surface area contributed by atoms with E-state index in [4.69, 9.17) is 49.3 Å². The van der Waals surface area contributed by atoms with E-state index >= 15 is 4.39 Å². The SMILES string of the molecule is COc1nc(-c2cccc(-c3cccc(-c4ccc5c(OC)c(CNC[C@H]6CCC(=O)N6)cc(Cl)c5n4)c3Cl)c2Cl)cc(F)c1CNC[C@@H]1CCC(=O)N1. The summed E-state index contributed by atoms with van der Waals surface area (Å²) < 4.78 is 26.9. The molecule has 7 rings (SSSR count). The van der Waals surface area contributed by atoms with Gasteiger partial charge in [-0.3, -0.25) is 9.59 Å². The summed E-state index contributed by atoms with van der Waals surface area (Å²) in [4.78, 5) is 32.7. The van der Waals surface area contributed by atoms with Crippen molar-refractivity contribution < 1.29 is 23.5 Å². The van der Waals surface area contributed by atoms with Crippen molar-refractivity contribution in [3.63, 3.8) is 0 Å². The average Bonchev–Trinajstić information content (AvgIpc) is 3.79. The highest BCUT2D eigenvalue weighted by Gasteiger charge is 2.24. The molecule has 0 saturated carbocycles. The lowest BCUT2D eigenvalue weighted by atomic mass is 9.97. The number of hydrogen-bond acceptors (Lipinski definition) is 8. The molecule has 5 aromatic rings. The molecule has 54 heavy (non-hydrogen) atoms. The van der Waals surface area contributed by atoms with Gasteiger partial charge in [-0.15, -0.1) is 0 Å². The third-order valence-electron chi connectivity index (χ3n) is 9.80. The Balaban J connectivity index is 1.15. The fourth-order valence-corrected chi connectivity index (χ4v) is 8.01. The predicted molar refractivity (Wildman–Crippen MR) is 210 cm³/mol. The van der Waals surface area contributed by atoms with Crippen LogP contribution in [0.2, 0.25) is 15.1 Å². The number of nitrogens with zero attached hydrogens (tertiary/aromatic N) is 2. The van der Waals surface area contributed by atoms with Crippen molar-refractivity contribution >= 4 is 57.5 Å². The topological polar surface area (TPSA) is 126 Å². The number of halogens is 4. The summed E-state index contributed by atoms with van der Waals surface area (Å²) in [6, 6.07) is 18.1. The molecule has 4 N–H and O–H groups in total. The van der Waals surface area contributed by atoms with E-state index < -0.39 is 5.82 Å². The van der Waals surface area contributed by atoms with Crippen molar-refractivity contribution in [2.24, 2.45) is 0 Å². The smallest absolute Gasteiger partial charge is 0.221 e. The molecule has 0 spiro atoms. The first kappa shape index (κ1) is 37.8. The van der Waals surface area contributed by atoms with Crippen molar-refractivity contribution in [3.05, 3.63) is 92.7 Å². The molecular formula is C40H38Cl3FN6O4. The highest BCUT2D eigenvalue weighted by atomic mass is 35.5. The number of hydrogen-bond donors (Lipinski definition) is 4. The highest BCUT2D eigenvalue weighted by Crippen LogP contribution is 2.43. The molecule has 2 amide bonds. The minimum atomic E-state index is -0.499. The molecule has 0 radical (unpaired) electrons. The Morgan fingerprint density at radius 3 is 1.93 bits per heavy atom. The summed E-state index contributed by atoms with van der Waals surface area (Å²) in [6.45, 7) is 1.81. The van der Waals surface area contributed by atoms with Crippen LogP contribution in [-0.2, 0) is 22.7 Å². The first-order valence-corrected chi connectivity index (χ1v) is 18.8. The number of pyridine rings is 2. The molecule has 2 aliphatic heterocycles. The van der Waals surface area contributed by atoms with Crippen molar-refractivity contribution in [1.29, 1.82) is 0 Å². The van der Waals surface area contributed by atoms with Crippen molar-refractivity contribution in [1.82, 2.24) is 31.2 Å². The van der Waals surface area contributed by atoms with Crippen molar-refractivity contribution in [3.8, 4) is 45.3 Å². The van der Waals surface area contributed by atoms with Crippen molar-refractivity contribution in [2.45, 2.75) is 50.9 Å². The number of carbonyl (C=O) groups excluding carboxylic acids is 2. The second kappa shape index (κ2) is 16.5. The lowest BCUT2D eigenvalue weighted by Crippen LogP contribution is -2.35. The zero-order chi connectivity index (χ0) is 37.9. The number of ether oxygens (including phenoxy) is 2. The Bertz CT molecular complexity index is 2260. The van der Waals surface area contributed by atoms with Crippen LogP contribution in [0.25, 0.3) is 44.5 Å². The number of rotatable bonds is 13. The van der Waals surface area contributed by atoms with Gasteiger partial charge >= 0.3 is 0 Å². The summed E-state index contributed by atoms with van der Waals surface area (Å²) >= 11 is 21.0. The summed E-state index contributed by atoms with van der Waals surface area (Å²) in [5.74, 6) is 0.390. The van der Waals surface area contributed by atoms with Gasteiger partial charge in [0.05, 0.1) is 51.8 Å². The van der Waals surface area contributed by atoms with Crippen LogP contribution >= 0.6 is 34.8 Å². The Morgan fingerprint density at radius 2 is 1.35 bits per heavy atom. The number of nitrogens with one attached hydrogen (secondary N) is 4. The normalized spacial score (nSPS) is 16.9. The Morgan fingerprint density at radius 1 is 0.759 bits per heavy atom. The molecule has 4 heterocycles. The van der Waals surface area contributed by atoms with Gasteiger partial charge in [-0.1, -0.05) is 71.2 Å². The minimum Gasteiger partial charge on any atom is -0.496 e. The Hall–Kier alpha value is -4.52. The maximum absolute atomic E-state index is 15.6. The maximum Gasteiger partial charge on any atom is 0.221 e. The maximum atomic E-state index is 15.6. The van der Waals surface area contributed by atoms with Crippen LogP contribution in [0.4, 0.5) is 4.39 Å². The second-order valence-corrected chi connectivity index (χ2v) is 14.5. The van der Waals surface area contributed by atoms with Crippen LogP contribution in [0.5, 0.6) is 11.6 Å². The summed E-state index contributed by atoms with van der Waals surface area (Å²) in [7, 11) is 3.05. The van der Waals surface area contributed by atoms with E-state index in [2.05, 4.69) is 26.3 Å². The number of methoxy groups -OCH3 is 2. The Kier molecular flexibility index (Phi) is 11.5. The van der Waals surface area contributed by atoms with Crippen LogP contribution in [-0.4, -0.2) is 61.2 Å². The Labute approximate surface area is 327 Å². The van der Waals surface area contributed by atoms with Gasteiger partial charge < -0.3 is 30.7 Å². The van der Waals surface area contributed by atoms with Crippen molar-refractivity contribution in [2.75, 3.05) is 27.3 Å². The first-order valence-electron chi connectivity index (χ1n) is 17.6. The van der Waals surface area contributed by atoms with Gasteiger partial charge in [0, 0.05) is 90.4 Å². The standard InChI is InChI=1S/C40H38Cl3FN6O4/c1-53-39-21(17-45-18-22-9-13-34(51)47-22)15-30(41)38-28(39)11-12-32(49-38)26-7-3-5-24(36(26)42)25-6-4-8-27(37(25)43)33-16-31(44)29(40(50-33)54-2)20-46-19-23-10-14-35(52)48-23/h3-8,11-12,15-16,22-23,45-46H,9-10,13-14,17-20H2,1-2H3,(H,47,51)(H,48,52)/t22-,23+/m1/s1. The third kappa shape index (κ3) is 7.83. The molecule has 0 bridgehead atoms. The lowest BCUT2D eigenvalue weighted by Gasteiger charge is -2.17. The van der Waals surface area contributed by atoms with Gasteiger partial charge in [0.2, 0.25) is 17.7 Å². The first-order chi connectivity index (χ1) is 26.1. The molecule has 2 fully saturated rings. The molecule has 2 aromatic heterocycles. The molecule has 3 aromatic carbocycles. The lowest BCUT2D eigenvalue weighted by molar-refractivity contribution is -0.120. The number of amides is 2. The number of carbonyl (C=O) groups is 2. The van der Waals surface area contributed by atoms with Crippen LogP contribution in [0.1, 0.15) is 36.8 Å². The van der Waals surface area contributed by atoms with Gasteiger partial charge in [-0.05, 0) is 31.0 Å². The quantitative estimate of drug-likeness (QED) is 0.0968. The van der Waals surface area contributed by atoms with Crippen LogP contribution in [0, 0.1) is 5.82 Å². The molecule has 2 saturated heterocycles. The van der Waals surface area contributed by atoms with E-state index in [1.165, 1.54) is 13.2 Å². The van der Waals surface area contributed by atoms with E-state index in [1.54, 1.807) is 13.2 Å². The monoisotopic (exact) mass is 790 g/mol. The molecule has 10 nitrogen and oxygen atoms in total. The average molecular weight is 792 g/mol. The van der Waals surface area contributed by atoms with Crippen LogP contribution in [0.15, 0.2) is 60.7 Å². The van der Waals surface area contributed by atoms with E-state index in [1.807, 2.05) is 48.5 Å². The molecule has 14 heteroatoms. The van der Waals surface area contributed by atoms with Crippen LogP contribution < -0.4 is 30.7 Å². The fraction of sp³-hybridized carbons (Fsp3) is 0.300. The number of fused-ring (bicyclic) bond motifs is 1. The zero-order valence-corrected chi connectivity index (χ0v) is 31.9. The summed E-state index contributed by atoms with van der Waals surface area (Å²) in [5, 5.41) is 14.4. The van der Waals surface area contributed by atoms with Gasteiger partial charge in [0.1, 0.15) is 11.6 Å². The minimum absolute atomic E-state index is 0.00467. The highest BCUT2D eigenvalue weighted by molar-refractivity contribution is 6.39.